The lowest BCUT2D eigenvalue weighted by Gasteiger charge is -2.19. The lowest BCUT2D eigenvalue weighted by atomic mass is 9.87. The number of hydrogen-bond acceptors (Lipinski definition) is 2. The van der Waals surface area contributed by atoms with Gasteiger partial charge in [0.2, 0.25) is 0 Å². The Morgan fingerprint density at radius 2 is 1.45 bits per heavy atom. The summed E-state index contributed by atoms with van der Waals surface area (Å²) in [5.74, 6) is 0.738. The Morgan fingerprint density at radius 1 is 0.862 bits per heavy atom. The predicted molar refractivity (Wildman–Crippen MR) is 120 cm³/mol. The van der Waals surface area contributed by atoms with Gasteiger partial charge in [-0.15, -0.1) is 0 Å². The van der Waals surface area contributed by atoms with E-state index in [1.54, 1.807) is 0 Å². The van der Waals surface area contributed by atoms with E-state index in [1.165, 1.54) is 5.56 Å². The molecule has 3 aromatic carbocycles. The SMILES string of the molecule is Cc1cccc(C)c1NC(=O)c1ccc(COc2ccc(C(C)(C)C)cc2)cc1. The van der Waals surface area contributed by atoms with Crippen LogP contribution in [0.2, 0.25) is 0 Å². The summed E-state index contributed by atoms with van der Waals surface area (Å²) in [6, 6.07) is 21.8. The summed E-state index contributed by atoms with van der Waals surface area (Å²) < 4.78 is 5.89. The summed E-state index contributed by atoms with van der Waals surface area (Å²) in [6.45, 7) is 11.0. The molecule has 150 valence electrons. The number of benzene rings is 3. The molecule has 3 nitrogen and oxygen atoms in total. The molecule has 0 atom stereocenters. The first-order valence-corrected chi connectivity index (χ1v) is 9.94. The average molecular weight is 388 g/mol. The van der Waals surface area contributed by atoms with Crippen LogP contribution in [0.25, 0.3) is 0 Å². The first kappa shape index (κ1) is 20.7. The highest BCUT2D eigenvalue weighted by molar-refractivity contribution is 6.05. The van der Waals surface area contributed by atoms with Gasteiger partial charge in [0.1, 0.15) is 12.4 Å². The molecule has 0 unspecified atom stereocenters. The maximum absolute atomic E-state index is 12.6. The minimum atomic E-state index is -0.104. The van der Waals surface area contributed by atoms with Gasteiger partial charge in [0.25, 0.3) is 5.91 Å². The van der Waals surface area contributed by atoms with Gasteiger partial charge in [-0.2, -0.15) is 0 Å². The maximum Gasteiger partial charge on any atom is 0.255 e. The normalized spacial score (nSPS) is 11.2. The molecule has 0 bridgehead atoms. The molecule has 0 aliphatic carbocycles. The van der Waals surface area contributed by atoms with Gasteiger partial charge in [-0.1, -0.05) is 63.2 Å². The zero-order valence-corrected chi connectivity index (χ0v) is 17.9. The second-order valence-corrected chi connectivity index (χ2v) is 8.48. The Hall–Kier alpha value is -3.07. The molecule has 0 fully saturated rings. The smallest absolute Gasteiger partial charge is 0.255 e. The van der Waals surface area contributed by atoms with E-state index in [9.17, 15) is 4.79 Å². The van der Waals surface area contributed by atoms with Crippen molar-refractivity contribution in [1.29, 1.82) is 0 Å². The van der Waals surface area contributed by atoms with Crippen LogP contribution < -0.4 is 10.1 Å². The zero-order chi connectivity index (χ0) is 21.0. The highest BCUT2D eigenvalue weighted by Gasteiger charge is 2.13. The monoisotopic (exact) mass is 387 g/mol. The van der Waals surface area contributed by atoms with Crippen LogP contribution in [0, 0.1) is 13.8 Å². The van der Waals surface area contributed by atoms with E-state index in [0.717, 1.165) is 28.1 Å². The van der Waals surface area contributed by atoms with Gasteiger partial charge in [-0.05, 0) is 65.8 Å². The van der Waals surface area contributed by atoms with Crippen molar-refractivity contribution in [2.24, 2.45) is 0 Å². The van der Waals surface area contributed by atoms with Crippen LogP contribution in [-0.4, -0.2) is 5.91 Å². The number of carbonyl (C=O) groups is 1. The number of rotatable bonds is 5. The Bertz CT molecular complexity index is 960. The van der Waals surface area contributed by atoms with Crippen molar-refractivity contribution in [3.63, 3.8) is 0 Å². The third-order valence-corrected chi connectivity index (χ3v) is 5.06. The van der Waals surface area contributed by atoms with Crippen molar-refractivity contribution in [1.82, 2.24) is 0 Å². The van der Waals surface area contributed by atoms with Crippen molar-refractivity contribution in [2.75, 3.05) is 5.32 Å². The molecule has 3 heteroatoms. The molecule has 3 aromatic rings. The van der Waals surface area contributed by atoms with Crippen LogP contribution in [0.3, 0.4) is 0 Å². The Kier molecular flexibility index (Phi) is 6.07. The Morgan fingerprint density at radius 3 is 2.00 bits per heavy atom. The van der Waals surface area contributed by atoms with Crippen LogP contribution in [0.1, 0.15) is 53.4 Å². The number of aryl methyl sites for hydroxylation is 2. The van der Waals surface area contributed by atoms with Crippen LogP contribution in [0.15, 0.2) is 66.7 Å². The van der Waals surface area contributed by atoms with Crippen LogP contribution in [0.5, 0.6) is 5.75 Å². The number of anilines is 1. The van der Waals surface area contributed by atoms with Gasteiger partial charge in [0, 0.05) is 11.3 Å². The van der Waals surface area contributed by atoms with Crippen molar-refractivity contribution in [3.8, 4) is 5.75 Å². The third kappa shape index (κ3) is 5.26. The van der Waals surface area contributed by atoms with Gasteiger partial charge in [0.15, 0.2) is 0 Å². The van der Waals surface area contributed by atoms with Gasteiger partial charge < -0.3 is 10.1 Å². The molecule has 0 saturated carbocycles. The molecule has 0 aromatic heterocycles. The van der Waals surface area contributed by atoms with Crippen LogP contribution >= 0.6 is 0 Å². The summed E-state index contributed by atoms with van der Waals surface area (Å²) in [6.07, 6.45) is 0. The molecular weight excluding hydrogens is 358 g/mol. The first-order valence-electron chi connectivity index (χ1n) is 9.94. The highest BCUT2D eigenvalue weighted by atomic mass is 16.5. The lowest BCUT2D eigenvalue weighted by molar-refractivity contribution is 0.102. The van der Waals surface area contributed by atoms with E-state index >= 15 is 0 Å². The summed E-state index contributed by atoms with van der Waals surface area (Å²) in [5.41, 5.74) is 6.06. The van der Waals surface area contributed by atoms with Crippen LogP contribution in [-0.2, 0) is 12.0 Å². The van der Waals surface area contributed by atoms with Crippen molar-refractivity contribution >= 4 is 11.6 Å². The fraction of sp³-hybridized carbons (Fsp3) is 0.269. The number of amides is 1. The fourth-order valence-electron chi connectivity index (χ4n) is 3.17. The molecule has 3 rings (SSSR count). The molecule has 0 saturated heterocycles. The van der Waals surface area contributed by atoms with E-state index < -0.39 is 0 Å². The maximum atomic E-state index is 12.6. The minimum Gasteiger partial charge on any atom is -0.489 e. The molecule has 0 aliphatic heterocycles. The first-order chi connectivity index (χ1) is 13.7. The Balaban J connectivity index is 1.61. The second-order valence-electron chi connectivity index (χ2n) is 8.48. The molecule has 1 amide bonds. The number of carbonyl (C=O) groups excluding carboxylic acids is 1. The van der Waals surface area contributed by atoms with Crippen molar-refractivity contribution < 1.29 is 9.53 Å². The van der Waals surface area contributed by atoms with E-state index in [2.05, 4.69) is 38.2 Å². The van der Waals surface area contributed by atoms with Crippen molar-refractivity contribution in [2.45, 2.75) is 46.6 Å². The molecule has 0 radical (unpaired) electrons. The van der Waals surface area contributed by atoms with E-state index in [0.29, 0.717) is 12.2 Å². The molecule has 1 N–H and O–H groups in total. The molecule has 0 spiro atoms. The number of nitrogens with one attached hydrogen (secondary N) is 1. The fourth-order valence-corrected chi connectivity index (χ4v) is 3.17. The molecule has 29 heavy (non-hydrogen) atoms. The Labute approximate surface area is 173 Å². The molecular formula is C26H29NO2. The zero-order valence-electron chi connectivity index (χ0n) is 17.9. The van der Waals surface area contributed by atoms with E-state index in [-0.39, 0.29) is 11.3 Å². The minimum absolute atomic E-state index is 0.104. The largest absolute Gasteiger partial charge is 0.489 e. The molecule has 0 heterocycles. The lowest BCUT2D eigenvalue weighted by Crippen LogP contribution is -2.13. The summed E-state index contributed by atoms with van der Waals surface area (Å²) >= 11 is 0. The second kappa shape index (κ2) is 8.52. The topological polar surface area (TPSA) is 38.3 Å². The van der Waals surface area contributed by atoms with Gasteiger partial charge in [-0.3, -0.25) is 4.79 Å². The summed E-state index contributed by atoms with van der Waals surface area (Å²) in [4.78, 5) is 12.6. The summed E-state index contributed by atoms with van der Waals surface area (Å²) in [7, 11) is 0. The third-order valence-electron chi connectivity index (χ3n) is 5.06. The van der Waals surface area contributed by atoms with Gasteiger partial charge in [-0.25, -0.2) is 0 Å². The quantitative estimate of drug-likeness (QED) is 0.548. The van der Waals surface area contributed by atoms with E-state index in [4.69, 9.17) is 4.74 Å². The number of hydrogen-bond donors (Lipinski definition) is 1. The summed E-state index contributed by atoms with van der Waals surface area (Å²) in [5, 5.41) is 3.02. The molecule has 0 aliphatic rings. The average Bonchev–Trinajstić information content (AvgIpc) is 2.69. The van der Waals surface area contributed by atoms with Crippen LogP contribution in [0.4, 0.5) is 5.69 Å². The van der Waals surface area contributed by atoms with E-state index in [1.807, 2.05) is 68.4 Å². The number of ether oxygens (including phenoxy) is 1. The predicted octanol–water partition coefficient (Wildman–Crippen LogP) is 6.43. The van der Waals surface area contributed by atoms with Crippen molar-refractivity contribution in [3.05, 3.63) is 94.5 Å². The van der Waals surface area contributed by atoms with Gasteiger partial charge in [0.05, 0.1) is 0 Å². The standard InChI is InChI=1S/C26H29NO2/c1-18-7-6-8-19(2)24(18)27-25(28)21-11-9-20(10-12-21)17-29-23-15-13-22(14-16-23)26(3,4)5/h6-16H,17H2,1-5H3,(H,27,28). The van der Waals surface area contributed by atoms with Gasteiger partial charge >= 0.3 is 0 Å². The number of para-hydroxylation sites is 1. The highest BCUT2D eigenvalue weighted by Crippen LogP contribution is 2.25.